The van der Waals surface area contributed by atoms with E-state index in [4.69, 9.17) is 4.74 Å². The minimum absolute atomic E-state index is 0.00727. The molecule has 2 heterocycles. The SMILES string of the molecule is Cc1cc(F)ccc1C1(C(=O)NCC2(O)CN(C(=O)C3COC3)C2)CC1. The maximum absolute atomic E-state index is 13.3. The molecule has 1 aliphatic carbocycles. The summed E-state index contributed by atoms with van der Waals surface area (Å²) in [5.41, 5.74) is -0.0844. The standard InChI is InChI=1S/C19H23FN2O4/c1-12-6-14(20)2-3-15(12)19(4-5-19)17(24)21-9-18(25)10-22(11-18)16(23)13-7-26-8-13/h2-3,6,13,25H,4-5,7-11H2,1H3,(H,21,24). The van der Waals surface area contributed by atoms with Gasteiger partial charge < -0.3 is 20.1 Å². The van der Waals surface area contributed by atoms with E-state index >= 15 is 0 Å². The minimum Gasteiger partial charge on any atom is -0.384 e. The Hall–Kier alpha value is -1.99. The number of hydrogen-bond donors (Lipinski definition) is 2. The van der Waals surface area contributed by atoms with E-state index in [1.54, 1.807) is 17.9 Å². The van der Waals surface area contributed by atoms with E-state index in [0.717, 1.165) is 24.0 Å². The number of likely N-dealkylation sites (tertiary alicyclic amines) is 1. The van der Waals surface area contributed by atoms with Crippen molar-refractivity contribution in [3.63, 3.8) is 0 Å². The molecule has 0 unspecified atom stereocenters. The summed E-state index contributed by atoms with van der Waals surface area (Å²) in [5.74, 6) is -0.538. The molecule has 3 fully saturated rings. The summed E-state index contributed by atoms with van der Waals surface area (Å²) >= 11 is 0. The molecule has 0 atom stereocenters. The lowest BCUT2D eigenvalue weighted by Crippen LogP contribution is -2.69. The topological polar surface area (TPSA) is 78.9 Å². The van der Waals surface area contributed by atoms with E-state index in [1.807, 2.05) is 0 Å². The molecule has 1 aromatic carbocycles. The van der Waals surface area contributed by atoms with Gasteiger partial charge in [0.2, 0.25) is 11.8 Å². The normalized spacial score (nSPS) is 23.0. The van der Waals surface area contributed by atoms with Crippen LogP contribution in [0.2, 0.25) is 0 Å². The van der Waals surface area contributed by atoms with Gasteiger partial charge in [-0.05, 0) is 43.0 Å². The fourth-order valence-electron chi connectivity index (χ4n) is 3.89. The van der Waals surface area contributed by atoms with Gasteiger partial charge in [0.1, 0.15) is 11.4 Å². The van der Waals surface area contributed by atoms with Crippen LogP contribution in [0.4, 0.5) is 4.39 Å². The zero-order valence-electron chi connectivity index (χ0n) is 14.8. The van der Waals surface area contributed by atoms with Crippen molar-refractivity contribution in [3.8, 4) is 0 Å². The summed E-state index contributed by atoms with van der Waals surface area (Å²) < 4.78 is 18.3. The lowest BCUT2D eigenvalue weighted by molar-refractivity contribution is -0.171. The summed E-state index contributed by atoms with van der Waals surface area (Å²) in [6.45, 7) is 3.27. The zero-order chi connectivity index (χ0) is 18.5. The molecule has 0 bridgehead atoms. The Kier molecular flexibility index (Phi) is 4.04. The first-order chi connectivity index (χ1) is 12.3. The van der Waals surface area contributed by atoms with Crippen molar-refractivity contribution in [2.45, 2.75) is 30.8 Å². The number of hydrogen-bond acceptors (Lipinski definition) is 4. The third-order valence-corrected chi connectivity index (χ3v) is 5.74. The van der Waals surface area contributed by atoms with Gasteiger partial charge in [0.25, 0.3) is 0 Å². The van der Waals surface area contributed by atoms with Crippen molar-refractivity contribution in [1.82, 2.24) is 10.2 Å². The summed E-state index contributed by atoms with van der Waals surface area (Å²) in [6.07, 6.45) is 1.44. The number of amides is 2. The quantitative estimate of drug-likeness (QED) is 0.800. The molecular formula is C19H23FN2O4. The van der Waals surface area contributed by atoms with E-state index in [2.05, 4.69) is 5.32 Å². The van der Waals surface area contributed by atoms with Crippen molar-refractivity contribution >= 4 is 11.8 Å². The van der Waals surface area contributed by atoms with Crippen molar-refractivity contribution in [1.29, 1.82) is 0 Å². The molecule has 6 nitrogen and oxygen atoms in total. The predicted octanol–water partition coefficient (Wildman–Crippen LogP) is 0.502. The minimum atomic E-state index is -1.08. The van der Waals surface area contributed by atoms with Gasteiger partial charge in [0, 0.05) is 6.54 Å². The molecule has 7 heteroatoms. The molecular weight excluding hydrogens is 339 g/mol. The van der Waals surface area contributed by atoms with Gasteiger partial charge in [-0.3, -0.25) is 9.59 Å². The maximum Gasteiger partial charge on any atom is 0.230 e. The van der Waals surface area contributed by atoms with Crippen LogP contribution < -0.4 is 5.32 Å². The van der Waals surface area contributed by atoms with Crippen LogP contribution in [0, 0.1) is 18.7 Å². The number of nitrogens with one attached hydrogen (secondary N) is 1. The summed E-state index contributed by atoms with van der Waals surface area (Å²) in [4.78, 5) is 26.4. The van der Waals surface area contributed by atoms with Crippen molar-refractivity contribution in [3.05, 3.63) is 35.1 Å². The molecule has 2 saturated heterocycles. The number of aryl methyl sites for hydroxylation is 1. The summed E-state index contributed by atoms with van der Waals surface area (Å²) in [6, 6.07) is 4.50. The van der Waals surface area contributed by atoms with E-state index in [0.29, 0.717) is 13.2 Å². The number of rotatable bonds is 5. The molecule has 1 saturated carbocycles. The van der Waals surface area contributed by atoms with Crippen LogP contribution >= 0.6 is 0 Å². The van der Waals surface area contributed by atoms with Crippen LogP contribution in [0.5, 0.6) is 0 Å². The lowest BCUT2D eigenvalue weighted by atomic mass is 9.89. The third kappa shape index (κ3) is 2.89. The fraction of sp³-hybridized carbons (Fsp3) is 0.579. The highest BCUT2D eigenvalue weighted by Crippen LogP contribution is 2.49. The second-order valence-corrected chi connectivity index (χ2v) is 7.88. The van der Waals surface area contributed by atoms with Gasteiger partial charge in [0.15, 0.2) is 0 Å². The Morgan fingerprint density at radius 3 is 2.58 bits per heavy atom. The average Bonchev–Trinajstić information content (AvgIpc) is 3.29. The largest absolute Gasteiger partial charge is 0.384 e. The highest BCUT2D eigenvalue weighted by molar-refractivity contribution is 5.91. The number of carbonyl (C=O) groups excluding carboxylic acids is 2. The molecule has 2 N–H and O–H groups in total. The molecule has 26 heavy (non-hydrogen) atoms. The first-order valence-electron chi connectivity index (χ1n) is 8.97. The fourth-order valence-corrected chi connectivity index (χ4v) is 3.89. The van der Waals surface area contributed by atoms with Crippen LogP contribution in [-0.2, 0) is 19.7 Å². The van der Waals surface area contributed by atoms with Crippen LogP contribution in [0.15, 0.2) is 18.2 Å². The molecule has 3 aliphatic rings. The first kappa shape index (κ1) is 17.4. The number of ether oxygens (including phenoxy) is 1. The molecule has 0 radical (unpaired) electrons. The van der Waals surface area contributed by atoms with Crippen LogP contribution in [0.3, 0.4) is 0 Å². The molecule has 4 rings (SSSR count). The third-order valence-electron chi connectivity index (χ3n) is 5.74. The second-order valence-electron chi connectivity index (χ2n) is 7.88. The van der Waals surface area contributed by atoms with Crippen molar-refractivity contribution in [2.24, 2.45) is 5.92 Å². The average molecular weight is 362 g/mol. The van der Waals surface area contributed by atoms with E-state index in [9.17, 15) is 19.1 Å². The van der Waals surface area contributed by atoms with Crippen LogP contribution in [0.25, 0.3) is 0 Å². The predicted molar refractivity (Wildman–Crippen MR) is 90.9 cm³/mol. The number of nitrogens with zero attached hydrogens (tertiary/aromatic N) is 1. The zero-order valence-corrected chi connectivity index (χ0v) is 14.8. The van der Waals surface area contributed by atoms with Crippen molar-refractivity contribution in [2.75, 3.05) is 32.8 Å². The van der Waals surface area contributed by atoms with Crippen molar-refractivity contribution < 1.29 is 23.8 Å². The van der Waals surface area contributed by atoms with E-state index in [1.165, 1.54) is 12.1 Å². The molecule has 2 amide bonds. The number of carbonyl (C=O) groups is 2. The smallest absolute Gasteiger partial charge is 0.230 e. The van der Waals surface area contributed by atoms with Gasteiger partial charge in [-0.2, -0.15) is 0 Å². The van der Waals surface area contributed by atoms with Gasteiger partial charge >= 0.3 is 0 Å². The first-order valence-corrected chi connectivity index (χ1v) is 8.97. The molecule has 1 aromatic rings. The summed E-state index contributed by atoms with van der Waals surface area (Å²) in [5, 5.41) is 13.3. The molecule has 2 aliphatic heterocycles. The molecule has 0 spiro atoms. The Bertz CT molecular complexity index is 752. The highest BCUT2D eigenvalue weighted by Gasteiger charge is 2.53. The Balaban J connectivity index is 1.33. The van der Waals surface area contributed by atoms with E-state index < -0.39 is 11.0 Å². The Morgan fingerprint density at radius 2 is 2.04 bits per heavy atom. The van der Waals surface area contributed by atoms with Crippen LogP contribution in [-0.4, -0.2) is 60.3 Å². The van der Waals surface area contributed by atoms with Gasteiger partial charge in [0.05, 0.1) is 37.6 Å². The number of halogens is 1. The van der Waals surface area contributed by atoms with Gasteiger partial charge in [-0.1, -0.05) is 6.07 Å². The number of benzene rings is 1. The monoisotopic (exact) mass is 362 g/mol. The van der Waals surface area contributed by atoms with Gasteiger partial charge in [-0.25, -0.2) is 4.39 Å². The van der Waals surface area contributed by atoms with E-state index in [-0.39, 0.29) is 43.2 Å². The highest BCUT2D eigenvalue weighted by atomic mass is 19.1. The second kappa shape index (κ2) is 6.03. The number of β-amino-alcohol motifs (C(OH)–C–C–N with tert-alkyl or cyclic N) is 1. The number of aliphatic hydroxyl groups is 1. The Labute approximate surface area is 151 Å². The van der Waals surface area contributed by atoms with Crippen LogP contribution in [0.1, 0.15) is 24.0 Å². The molecule has 0 aromatic heterocycles. The Morgan fingerprint density at radius 1 is 1.35 bits per heavy atom. The van der Waals surface area contributed by atoms with Gasteiger partial charge in [-0.15, -0.1) is 0 Å². The summed E-state index contributed by atoms with van der Waals surface area (Å²) in [7, 11) is 0. The molecule has 140 valence electrons. The lowest BCUT2D eigenvalue weighted by Gasteiger charge is -2.48. The maximum atomic E-state index is 13.3.